The predicted molar refractivity (Wildman–Crippen MR) is 70.2 cm³/mol. The summed E-state index contributed by atoms with van der Waals surface area (Å²) >= 11 is 0. The summed E-state index contributed by atoms with van der Waals surface area (Å²) in [6.45, 7) is 6.73. The minimum absolute atomic E-state index is 0.0749. The van der Waals surface area contributed by atoms with Crippen molar-refractivity contribution in [2.24, 2.45) is 0 Å². The number of nitrogens with zero attached hydrogens (tertiary/aromatic N) is 1. The summed E-state index contributed by atoms with van der Waals surface area (Å²) in [6.07, 6.45) is 0.713. The van der Waals surface area contributed by atoms with Crippen LogP contribution in [0.25, 0.3) is 0 Å². The molecule has 0 saturated carbocycles. The van der Waals surface area contributed by atoms with Gasteiger partial charge in [-0.3, -0.25) is 4.79 Å². The quantitative estimate of drug-likeness (QED) is 0.872. The van der Waals surface area contributed by atoms with Gasteiger partial charge in [-0.2, -0.15) is 0 Å². The SMILES string of the molecule is CCc1cccc(F)c1N1CC(C)(C)NCC1=O. The summed E-state index contributed by atoms with van der Waals surface area (Å²) in [7, 11) is 0. The maximum absolute atomic E-state index is 14.0. The van der Waals surface area contributed by atoms with Gasteiger partial charge in [0.25, 0.3) is 0 Å². The van der Waals surface area contributed by atoms with Crippen LogP contribution in [0.3, 0.4) is 0 Å². The van der Waals surface area contributed by atoms with Gasteiger partial charge in [-0.25, -0.2) is 4.39 Å². The molecule has 1 aliphatic heterocycles. The Morgan fingerprint density at radius 2 is 2.17 bits per heavy atom. The van der Waals surface area contributed by atoms with Crippen molar-refractivity contribution in [1.29, 1.82) is 0 Å². The topological polar surface area (TPSA) is 32.3 Å². The number of amides is 1. The van der Waals surface area contributed by atoms with Crippen molar-refractivity contribution >= 4 is 11.6 Å². The number of hydrogen-bond donors (Lipinski definition) is 1. The van der Waals surface area contributed by atoms with Gasteiger partial charge in [0, 0.05) is 12.1 Å². The molecule has 0 aromatic heterocycles. The van der Waals surface area contributed by atoms with E-state index in [0.717, 1.165) is 5.56 Å². The third-order valence-electron chi connectivity index (χ3n) is 3.29. The minimum atomic E-state index is -0.319. The Labute approximate surface area is 107 Å². The van der Waals surface area contributed by atoms with Crippen LogP contribution in [0, 0.1) is 5.82 Å². The van der Waals surface area contributed by atoms with Gasteiger partial charge in [-0.05, 0) is 31.9 Å². The van der Waals surface area contributed by atoms with Crippen LogP contribution in [0.1, 0.15) is 26.3 Å². The first-order chi connectivity index (χ1) is 8.44. The molecule has 1 fully saturated rings. The van der Waals surface area contributed by atoms with E-state index in [9.17, 15) is 9.18 Å². The summed E-state index contributed by atoms with van der Waals surface area (Å²) in [5.74, 6) is -0.394. The van der Waals surface area contributed by atoms with Crippen molar-refractivity contribution in [3.8, 4) is 0 Å². The van der Waals surface area contributed by atoms with Crippen molar-refractivity contribution in [3.63, 3.8) is 0 Å². The maximum Gasteiger partial charge on any atom is 0.241 e. The third-order valence-corrected chi connectivity index (χ3v) is 3.29. The van der Waals surface area contributed by atoms with Crippen LogP contribution >= 0.6 is 0 Å². The molecular weight excluding hydrogens is 231 g/mol. The van der Waals surface area contributed by atoms with E-state index in [1.165, 1.54) is 6.07 Å². The highest BCUT2D eigenvalue weighted by Crippen LogP contribution is 2.28. The van der Waals surface area contributed by atoms with E-state index in [2.05, 4.69) is 5.32 Å². The highest BCUT2D eigenvalue weighted by Gasteiger charge is 2.33. The van der Waals surface area contributed by atoms with Crippen LogP contribution in [-0.2, 0) is 11.2 Å². The molecule has 0 unspecified atom stereocenters. The molecule has 4 heteroatoms. The number of nitrogens with one attached hydrogen (secondary N) is 1. The number of para-hydroxylation sites is 1. The Hall–Kier alpha value is -1.42. The second kappa shape index (κ2) is 4.69. The van der Waals surface area contributed by atoms with Crippen LogP contribution in [-0.4, -0.2) is 24.5 Å². The lowest BCUT2D eigenvalue weighted by atomic mass is 9.99. The van der Waals surface area contributed by atoms with Crippen LogP contribution in [0.5, 0.6) is 0 Å². The lowest BCUT2D eigenvalue weighted by Crippen LogP contribution is -2.60. The van der Waals surface area contributed by atoms with Gasteiger partial charge in [0.15, 0.2) is 0 Å². The first-order valence-electron chi connectivity index (χ1n) is 6.27. The molecule has 1 aliphatic rings. The number of piperazine rings is 1. The lowest BCUT2D eigenvalue weighted by molar-refractivity contribution is -0.119. The predicted octanol–water partition coefficient (Wildman–Crippen LogP) is 2.10. The number of aryl methyl sites for hydroxylation is 1. The molecule has 1 aromatic rings. The number of halogens is 1. The molecule has 1 amide bonds. The fraction of sp³-hybridized carbons (Fsp3) is 0.500. The molecule has 98 valence electrons. The fourth-order valence-corrected chi connectivity index (χ4v) is 2.30. The highest BCUT2D eigenvalue weighted by atomic mass is 19.1. The van der Waals surface area contributed by atoms with Crippen molar-refractivity contribution in [2.75, 3.05) is 18.0 Å². The van der Waals surface area contributed by atoms with E-state index in [1.807, 2.05) is 26.8 Å². The van der Waals surface area contributed by atoms with Crippen LogP contribution < -0.4 is 10.2 Å². The number of anilines is 1. The molecule has 18 heavy (non-hydrogen) atoms. The van der Waals surface area contributed by atoms with E-state index < -0.39 is 0 Å². The molecule has 1 aromatic carbocycles. The normalized spacial score (nSPS) is 19.1. The first-order valence-corrected chi connectivity index (χ1v) is 6.27. The molecule has 3 nitrogen and oxygen atoms in total. The zero-order valence-corrected chi connectivity index (χ0v) is 11.1. The zero-order chi connectivity index (χ0) is 13.3. The van der Waals surface area contributed by atoms with E-state index in [4.69, 9.17) is 0 Å². The van der Waals surface area contributed by atoms with E-state index in [-0.39, 0.29) is 23.8 Å². The van der Waals surface area contributed by atoms with E-state index >= 15 is 0 Å². The van der Waals surface area contributed by atoms with Crippen molar-refractivity contribution < 1.29 is 9.18 Å². The highest BCUT2D eigenvalue weighted by molar-refractivity contribution is 5.96. The Morgan fingerprint density at radius 3 is 2.83 bits per heavy atom. The molecule has 0 aliphatic carbocycles. The van der Waals surface area contributed by atoms with Gasteiger partial charge >= 0.3 is 0 Å². The molecule has 2 rings (SSSR count). The molecule has 0 radical (unpaired) electrons. The summed E-state index contributed by atoms with van der Waals surface area (Å²) < 4.78 is 14.0. The number of carbonyl (C=O) groups is 1. The van der Waals surface area contributed by atoms with Gasteiger partial charge in [-0.1, -0.05) is 19.1 Å². The molecule has 0 atom stereocenters. The fourth-order valence-electron chi connectivity index (χ4n) is 2.30. The van der Waals surface area contributed by atoms with Crippen LogP contribution in [0.2, 0.25) is 0 Å². The standard InChI is InChI=1S/C14H19FN2O/c1-4-10-6-5-7-11(15)13(10)17-9-14(2,3)16-8-12(17)18/h5-7,16H,4,8-9H2,1-3H3. The Balaban J connectivity index is 2.43. The molecular formula is C14H19FN2O. The average molecular weight is 250 g/mol. The Morgan fingerprint density at radius 1 is 1.44 bits per heavy atom. The summed E-state index contributed by atoms with van der Waals surface area (Å²) in [5, 5.41) is 3.15. The molecule has 1 saturated heterocycles. The van der Waals surface area contributed by atoms with Gasteiger partial charge in [0.05, 0.1) is 12.2 Å². The van der Waals surface area contributed by atoms with Gasteiger partial charge < -0.3 is 10.2 Å². The largest absolute Gasteiger partial charge is 0.306 e. The van der Waals surface area contributed by atoms with Crippen LogP contribution in [0.15, 0.2) is 18.2 Å². The molecule has 0 bridgehead atoms. The van der Waals surface area contributed by atoms with Crippen molar-refractivity contribution in [3.05, 3.63) is 29.6 Å². The van der Waals surface area contributed by atoms with Gasteiger partial charge in [0.1, 0.15) is 5.82 Å². The van der Waals surface area contributed by atoms with Crippen molar-refractivity contribution in [2.45, 2.75) is 32.7 Å². The number of rotatable bonds is 2. The zero-order valence-electron chi connectivity index (χ0n) is 11.1. The van der Waals surface area contributed by atoms with E-state index in [1.54, 1.807) is 11.0 Å². The van der Waals surface area contributed by atoms with Crippen LogP contribution in [0.4, 0.5) is 10.1 Å². The lowest BCUT2D eigenvalue weighted by Gasteiger charge is -2.39. The Bertz CT molecular complexity index is 471. The number of benzene rings is 1. The maximum atomic E-state index is 14.0. The second-order valence-corrected chi connectivity index (χ2v) is 5.32. The van der Waals surface area contributed by atoms with Crippen molar-refractivity contribution in [1.82, 2.24) is 5.32 Å². The summed E-state index contributed by atoms with van der Waals surface area (Å²) in [5.41, 5.74) is 1.13. The summed E-state index contributed by atoms with van der Waals surface area (Å²) in [6, 6.07) is 4.98. The molecule has 1 heterocycles. The second-order valence-electron chi connectivity index (χ2n) is 5.32. The van der Waals surface area contributed by atoms with Gasteiger partial charge in [-0.15, -0.1) is 0 Å². The third kappa shape index (κ3) is 2.38. The molecule has 0 spiro atoms. The average Bonchev–Trinajstić information content (AvgIpc) is 2.32. The van der Waals surface area contributed by atoms with E-state index in [0.29, 0.717) is 18.7 Å². The molecule has 1 N–H and O–H groups in total. The minimum Gasteiger partial charge on any atom is -0.306 e. The Kier molecular flexibility index (Phi) is 3.39. The summed E-state index contributed by atoms with van der Waals surface area (Å²) in [4.78, 5) is 13.6. The number of carbonyl (C=O) groups excluding carboxylic acids is 1. The number of hydrogen-bond acceptors (Lipinski definition) is 2. The van der Waals surface area contributed by atoms with Gasteiger partial charge in [0.2, 0.25) is 5.91 Å². The monoisotopic (exact) mass is 250 g/mol. The first kappa shape index (κ1) is 13.0. The smallest absolute Gasteiger partial charge is 0.241 e.